The van der Waals surface area contributed by atoms with Gasteiger partial charge in [0.15, 0.2) is 0 Å². The van der Waals surface area contributed by atoms with Gasteiger partial charge in [-0.05, 0) is 0 Å². The van der Waals surface area contributed by atoms with Gasteiger partial charge in [-0.2, -0.15) is 15.2 Å². The maximum Gasteiger partial charge on any atom is 0.243 e. The van der Waals surface area contributed by atoms with Gasteiger partial charge < -0.3 is 0 Å². The predicted octanol–water partition coefficient (Wildman–Crippen LogP) is -0.624. The molecule has 0 aromatic carbocycles. The average Bonchev–Trinajstić information content (AvgIpc) is 2.29. The van der Waals surface area contributed by atoms with Crippen LogP contribution in [-0.2, 0) is 0 Å². The molecule has 0 aliphatic carbocycles. The first-order valence-corrected chi connectivity index (χ1v) is 3.97. The molecule has 70 valence electrons. The number of hydrogen-bond donors (Lipinski definition) is 0. The maximum absolute atomic E-state index is 8.70. The Morgan fingerprint density at radius 2 is 1.73 bits per heavy atom. The summed E-state index contributed by atoms with van der Waals surface area (Å²) in [6, 6.07) is 1.84. The van der Waals surface area contributed by atoms with Gasteiger partial charge in [-0.1, -0.05) is 0 Å². The molecule has 0 saturated carbocycles. The van der Waals surface area contributed by atoms with Gasteiger partial charge in [0.1, 0.15) is 18.7 Å². The highest BCUT2D eigenvalue weighted by Crippen LogP contribution is 2.12. The van der Waals surface area contributed by atoms with Crippen molar-refractivity contribution in [3.63, 3.8) is 0 Å². The Balaban J connectivity index is 2.22. The van der Waals surface area contributed by atoms with Crippen LogP contribution in [0, 0.1) is 11.3 Å². The van der Waals surface area contributed by atoms with Crippen molar-refractivity contribution in [3.8, 4) is 6.07 Å². The number of rotatable bonds is 0. The van der Waals surface area contributed by atoms with E-state index >= 15 is 0 Å². The second kappa shape index (κ2) is 2.65. The first kappa shape index (κ1) is 7.69. The molecular weight excluding hydrogens is 196 g/mol. The molecule has 0 amide bonds. The average molecular weight is 198 g/mol. The second-order valence-corrected chi connectivity index (χ2v) is 2.64. The molecule has 0 saturated heterocycles. The minimum atomic E-state index is 0.0219. The molecule has 0 atom stereocenters. The fraction of sp³-hybridized carbons (Fsp3) is 0. The highest BCUT2D eigenvalue weighted by molar-refractivity contribution is 6.29. The van der Waals surface area contributed by atoms with Crippen LogP contribution in [-0.4, -0.2) is 41.3 Å². The van der Waals surface area contributed by atoms with Crippen molar-refractivity contribution in [1.29, 1.82) is 5.26 Å². The molecule has 0 radical (unpaired) electrons. The van der Waals surface area contributed by atoms with E-state index in [0.717, 1.165) is 0 Å². The number of nitrogens with zero attached hydrogens (tertiary/aromatic N) is 8. The standard InChI is InChI=1S/C7H2N8/c8-1-4-13-6-11-2-9-5-10-3-12-7(14-4)15(5)6/h2-3H. The minimum absolute atomic E-state index is 0.0219. The molecule has 3 rings (SSSR count). The third-order valence-corrected chi connectivity index (χ3v) is 1.80. The number of nitriles is 1. The van der Waals surface area contributed by atoms with Gasteiger partial charge in [0, 0.05) is 0 Å². The van der Waals surface area contributed by atoms with Crippen LogP contribution in [0.15, 0.2) is 30.0 Å². The third-order valence-electron chi connectivity index (χ3n) is 1.80. The molecule has 0 N–H and O–H groups in total. The van der Waals surface area contributed by atoms with Gasteiger partial charge in [-0.3, -0.25) is 0 Å². The van der Waals surface area contributed by atoms with Crippen molar-refractivity contribution in [2.75, 3.05) is 0 Å². The quantitative estimate of drug-likeness (QED) is 0.517. The van der Waals surface area contributed by atoms with Crippen molar-refractivity contribution in [2.24, 2.45) is 30.0 Å². The Labute approximate surface area is 83.4 Å². The van der Waals surface area contributed by atoms with Crippen molar-refractivity contribution in [1.82, 2.24) is 4.90 Å². The summed E-state index contributed by atoms with van der Waals surface area (Å²) in [6.45, 7) is 0. The summed E-state index contributed by atoms with van der Waals surface area (Å²) in [4.78, 5) is 24.9. The summed E-state index contributed by atoms with van der Waals surface area (Å²) in [5, 5.41) is 8.70. The fourth-order valence-electron chi connectivity index (χ4n) is 1.22. The molecule has 3 aliphatic rings. The lowest BCUT2D eigenvalue weighted by molar-refractivity contribution is 0.834. The van der Waals surface area contributed by atoms with Gasteiger partial charge >= 0.3 is 0 Å². The summed E-state index contributed by atoms with van der Waals surface area (Å²) in [6.07, 6.45) is 2.65. The molecule has 0 aromatic heterocycles. The first-order chi connectivity index (χ1) is 7.38. The molecule has 8 heteroatoms. The van der Waals surface area contributed by atoms with Gasteiger partial charge in [0.2, 0.25) is 23.7 Å². The van der Waals surface area contributed by atoms with Crippen LogP contribution in [0.1, 0.15) is 0 Å². The van der Waals surface area contributed by atoms with Gasteiger partial charge in [-0.15, -0.1) is 0 Å². The largest absolute Gasteiger partial charge is 0.243 e. The van der Waals surface area contributed by atoms with Crippen LogP contribution in [0.25, 0.3) is 0 Å². The number of amidine groups is 1. The second-order valence-electron chi connectivity index (χ2n) is 2.64. The molecule has 0 spiro atoms. The minimum Gasteiger partial charge on any atom is -0.213 e. The van der Waals surface area contributed by atoms with Crippen LogP contribution < -0.4 is 0 Å². The zero-order chi connectivity index (χ0) is 10.3. The molecule has 0 bridgehead atoms. The van der Waals surface area contributed by atoms with E-state index in [4.69, 9.17) is 5.26 Å². The van der Waals surface area contributed by atoms with E-state index in [0.29, 0.717) is 17.9 Å². The van der Waals surface area contributed by atoms with Crippen LogP contribution in [0.3, 0.4) is 0 Å². The van der Waals surface area contributed by atoms with E-state index in [1.165, 1.54) is 17.6 Å². The smallest absolute Gasteiger partial charge is 0.213 e. The van der Waals surface area contributed by atoms with Crippen molar-refractivity contribution in [2.45, 2.75) is 0 Å². The third kappa shape index (κ3) is 1.000. The molecular formula is C7H2N8. The Kier molecular flexibility index (Phi) is 1.36. The fourth-order valence-corrected chi connectivity index (χ4v) is 1.22. The SMILES string of the molecule is N#CC1=NC2=NC=NC3=NC=NC(=N1)N32. The lowest BCUT2D eigenvalue weighted by atomic mass is 10.5. The first-order valence-electron chi connectivity index (χ1n) is 3.97. The van der Waals surface area contributed by atoms with Gasteiger partial charge in [0.25, 0.3) is 0 Å². The van der Waals surface area contributed by atoms with Crippen LogP contribution in [0.5, 0.6) is 0 Å². The zero-order valence-corrected chi connectivity index (χ0v) is 7.23. The molecule has 0 fully saturated rings. The predicted molar refractivity (Wildman–Crippen MR) is 54.2 cm³/mol. The van der Waals surface area contributed by atoms with Crippen molar-refractivity contribution < 1.29 is 0 Å². The van der Waals surface area contributed by atoms with E-state index in [1.54, 1.807) is 0 Å². The van der Waals surface area contributed by atoms with Crippen LogP contribution in [0.2, 0.25) is 0 Å². The molecule has 0 aromatic rings. The Morgan fingerprint density at radius 1 is 1.00 bits per heavy atom. The normalized spacial score (nSPS) is 20.9. The Hall–Kier alpha value is -2.69. The van der Waals surface area contributed by atoms with Crippen molar-refractivity contribution in [3.05, 3.63) is 0 Å². The number of aliphatic imine (C=N–C) groups is 6. The molecule has 0 unspecified atom stereocenters. The van der Waals surface area contributed by atoms with Gasteiger partial charge in [0.05, 0.1) is 0 Å². The van der Waals surface area contributed by atoms with Crippen LogP contribution >= 0.6 is 0 Å². The highest BCUT2D eigenvalue weighted by atomic mass is 15.5. The van der Waals surface area contributed by atoms with E-state index in [1.807, 2.05) is 6.07 Å². The summed E-state index contributed by atoms with van der Waals surface area (Å²) in [5.74, 6) is 1.03. The Bertz CT molecular complexity index is 550. The summed E-state index contributed by atoms with van der Waals surface area (Å²) in [7, 11) is 0. The summed E-state index contributed by atoms with van der Waals surface area (Å²) < 4.78 is 0. The highest BCUT2D eigenvalue weighted by Gasteiger charge is 2.30. The molecule has 15 heavy (non-hydrogen) atoms. The monoisotopic (exact) mass is 198 g/mol. The van der Waals surface area contributed by atoms with Crippen LogP contribution in [0.4, 0.5) is 0 Å². The topological polar surface area (TPSA) is 101 Å². The summed E-state index contributed by atoms with van der Waals surface area (Å²) in [5.41, 5.74) is 0. The maximum atomic E-state index is 8.70. The van der Waals surface area contributed by atoms with Crippen molar-refractivity contribution >= 4 is 36.4 Å². The van der Waals surface area contributed by atoms with Gasteiger partial charge in [-0.25, -0.2) is 24.9 Å². The zero-order valence-electron chi connectivity index (χ0n) is 7.23. The number of guanidine groups is 3. The molecule has 3 heterocycles. The molecule has 8 nitrogen and oxygen atoms in total. The van der Waals surface area contributed by atoms with E-state index in [2.05, 4.69) is 30.0 Å². The summed E-state index contributed by atoms with van der Waals surface area (Å²) >= 11 is 0. The van der Waals surface area contributed by atoms with E-state index < -0.39 is 0 Å². The van der Waals surface area contributed by atoms with E-state index in [9.17, 15) is 0 Å². The number of hydrogen-bond acceptors (Lipinski definition) is 8. The van der Waals surface area contributed by atoms with E-state index in [-0.39, 0.29) is 5.84 Å². The Morgan fingerprint density at radius 3 is 2.53 bits per heavy atom. The lowest BCUT2D eigenvalue weighted by Crippen LogP contribution is -2.45. The molecule has 3 aliphatic heterocycles. The lowest BCUT2D eigenvalue weighted by Gasteiger charge is -2.26.